The van der Waals surface area contributed by atoms with E-state index in [-0.39, 0.29) is 5.54 Å². The molecule has 3 heteroatoms. The Morgan fingerprint density at radius 3 is 2.60 bits per heavy atom. The van der Waals surface area contributed by atoms with E-state index in [9.17, 15) is 0 Å². The molecule has 0 saturated heterocycles. The molecular formula is C12H23N3. The predicted octanol–water partition coefficient (Wildman–Crippen LogP) is 4.68. The van der Waals surface area contributed by atoms with Crippen LogP contribution < -0.4 is 0 Å². The highest BCUT2D eigenvalue weighted by Gasteiger charge is 2.27. The van der Waals surface area contributed by atoms with Gasteiger partial charge in [0, 0.05) is 10.5 Å². The van der Waals surface area contributed by atoms with Crippen LogP contribution in [0.5, 0.6) is 0 Å². The van der Waals surface area contributed by atoms with Crippen molar-refractivity contribution in [1.29, 1.82) is 0 Å². The molecule has 3 nitrogen and oxygen atoms in total. The molecule has 0 aromatic rings. The van der Waals surface area contributed by atoms with Crippen LogP contribution in [0.2, 0.25) is 0 Å². The molecule has 2 unspecified atom stereocenters. The van der Waals surface area contributed by atoms with Gasteiger partial charge in [-0.25, -0.2) is 0 Å². The molecule has 0 aromatic heterocycles. The van der Waals surface area contributed by atoms with E-state index in [2.05, 4.69) is 30.8 Å². The number of nitrogens with zero attached hydrogens (tertiary/aromatic N) is 3. The molecule has 2 atom stereocenters. The first-order chi connectivity index (χ1) is 7.07. The third-order valence-corrected chi connectivity index (χ3v) is 3.82. The van der Waals surface area contributed by atoms with Crippen molar-refractivity contribution in [2.75, 3.05) is 0 Å². The van der Waals surface area contributed by atoms with Gasteiger partial charge in [-0.1, -0.05) is 45.1 Å². The van der Waals surface area contributed by atoms with Crippen LogP contribution in [0, 0.1) is 11.8 Å². The Balaban J connectivity index is 2.62. The van der Waals surface area contributed by atoms with Crippen LogP contribution in [0.15, 0.2) is 5.11 Å². The molecule has 86 valence electrons. The largest absolute Gasteiger partial charge is 0.0876 e. The molecule has 0 aromatic carbocycles. The third-order valence-electron chi connectivity index (χ3n) is 3.82. The van der Waals surface area contributed by atoms with Gasteiger partial charge in [-0.2, -0.15) is 0 Å². The maximum atomic E-state index is 8.58. The van der Waals surface area contributed by atoms with Crippen LogP contribution in [-0.4, -0.2) is 5.54 Å². The predicted molar refractivity (Wildman–Crippen MR) is 63.6 cm³/mol. The Labute approximate surface area is 92.9 Å². The van der Waals surface area contributed by atoms with E-state index in [1.54, 1.807) is 0 Å². The summed E-state index contributed by atoms with van der Waals surface area (Å²) < 4.78 is 0. The average molecular weight is 209 g/mol. The van der Waals surface area contributed by atoms with Crippen molar-refractivity contribution in [1.82, 2.24) is 0 Å². The number of hydrogen-bond donors (Lipinski definition) is 0. The van der Waals surface area contributed by atoms with Gasteiger partial charge in [0.1, 0.15) is 0 Å². The van der Waals surface area contributed by atoms with Crippen molar-refractivity contribution >= 4 is 0 Å². The van der Waals surface area contributed by atoms with Gasteiger partial charge >= 0.3 is 0 Å². The Morgan fingerprint density at radius 2 is 2.00 bits per heavy atom. The number of azide groups is 1. The smallest absolute Gasteiger partial charge is 0.0460 e. The standard InChI is InChI=1S/C12H23N3/c1-10(2)11-6-4-5-8-12(3,9-7-11)14-15-13/h10-11H,4-9H2,1-3H3. The zero-order valence-corrected chi connectivity index (χ0v) is 10.2. The summed E-state index contributed by atoms with van der Waals surface area (Å²) in [6.45, 7) is 6.71. The Morgan fingerprint density at radius 1 is 1.27 bits per heavy atom. The van der Waals surface area contributed by atoms with Gasteiger partial charge in [-0.05, 0) is 36.6 Å². The lowest BCUT2D eigenvalue weighted by atomic mass is 9.78. The molecule has 1 aliphatic carbocycles. The lowest BCUT2D eigenvalue weighted by molar-refractivity contribution is 0.246. The maximum absolute atomic E-state index is 8.58. The lowest BCUT2D eigenvalue weighted by Crippen LogP contribution is -2.25. The molecule has 0 bridgehead atoms. The first kappa shape index (κ1) is 12.4. The van der Waals surface area contributed by atoms with Crippen molar-refractivity contribution in [3.05, 3.63) is 10.4 Å². The third kappa shape index (κ3) is 3.75. The van der Waals surface area contributed by atoms with Gasteiger partial charge in [-0.15, -0.1) is 0 Å². The monoisotopic (exact) mass is 209 g/mol. The molecule has 0 amide bonds. The van der Waals surface area contributed by atoms with Crippen LogP contribution in [0.4, 0.5) is 0 Å². The normalized spacial score (nSPS) is 32.9. The second-order valence-electron chi connectivity index (χ2n) is 5.47. The fraction of sp³-hybridized carbons (Fsp3) is 1.00. The summed E-state index contributed by atoms with van der Waals surface area (Å²) in [7, 11) is 0. The topological polar surface area (TPSA) is 48.8 Å². The summed E-state index contributed by atoms with van der Waals surface area (Å²) in [4.78, 5) is 3.00. The lowest BCUT2D eigenvalue weighted by Gasteiger charge is -2.31. The van der Waals surface area contributed by atoms with Crippen molar-refractivity contribution in [2.45, 2.75) is 64.8 Å². The van der Waals surface area contributed by atoms with Crippen molar-refractivity contribution in [2.24, 2.45) is 17.0 Å². The zero-order valence-electron chi connectivity index (χ0n) is 10.2. The van der Waals surface area contributed by atoms with E-state index in [1.165, 1.54) is 25.7 Å². The van der Waals surface area contributed by atoms with Gasteiger partial charge in [0.2, 0.25) is 0 Å². The summed E-state index contributed by atoms with van der Waals surface area (Å²) in [5, 5.41) is 3.99. The minimum Gasteiger partial charge on any atom is -0.0876 e. The number of rotatable bonds is 2. The van der Waals surface area contributed by atoms with E-state index >= 15 is 0 Å². The highest BCUT2D eigenvalue weighted by molar-refractivity contribution is 4.86. The van der Waals surface area contributed by atoms with Crippen molar-refractivity contribution < 1.29 is 0 Å². The molecule has 1 fully saturated rings. The van der Waals surface area contributed by atoms with E-state index in [0.29, 0.717) is 0 Å². The summed E-state index contributed by atoms with van der Waals surface area (Å²) >= 11 is 0. The summed E-state index contributed by atoms with van der Waals surface area (Å²) in [5.74, 6) is 1.58. The van der Waals surface area contributed by atoms with Gasteiger partial charge < -0.3 is 0 Å². The van der Waals surface area contributed by atoms with Gasteiger partial charge in [-0.3, -0.25) is 0 Å². The molecule has 1 saturated carbocycles. The Hall–Kier alpha value is -0.690. The van der Waals surface area contributed by atoms with E-state index in [4.69, 9.17) is 5.53 Å². The van der Waals surface area contributed by atoms with Crippen LogP contribution in [0.3, 0.4) is 0 Å². The molecule has 0 spiro atoms. The molecule has 0 N–H and O–H groups in total. The molecule has 1 rings (SSSR count). The Kier molecular flexibility index (Phi) is 4.46. The van der Waals surface area contributed by atoms with E-state index in [1.807, 2.05) is 0 Å². The van der Waals surface area contributed by atoms with Gasteiger partial charge in [0.05, 0.1) is 0 Å². The van der Waals surface area contributed by atoms with Gasteiger partial charge in [0.25, 0.3) is 0 Å². The summed E-state index contributed by atoms with van der Waals surface area (Å²) in [5.41, 5.74) is 8.46. The molecule has 15 heavy (non-hydrogen) atoms. The highest BCUT2D eigenvalue weighted by atomic mass is 15.2. The summed E-state index contributed by atoms with van der Waals surface area (Å²) in [6, 6.07) is 0. The zero-order chi connectivity index (χ0) is 11.3. The van der Waals surface area contributed by atoms with Crippen molar-refractivity contribution in [3.63, 3.8) is 0 Å². The second-order valence-corrected chi connectivity index (χ2v) is 5.47. The summed E-state index contributed by atoms with van der Waals surface area (Å²) in [6.07, 6.45) is 7.18. The molecule has 1 aliphatic rings. The quantitative estimate of drug-likeness (QED) is 0.360. The van der Waals surface area contributed by atoms with Crippen LogP contribution in [0.25, 0.3) is 10.4 Å². The minimum absolute atomic E-state index is 0.123. The number of hydrogen-bond acceptors (Lipinski definition) is 1. The average Bonchev–Trinajstić information content (AvgIpc) is 2.13. The SMILES string of the molecule is CC(C)C1CCCCC(C)(N=[N+]=[N-])CC1. The first-order valence-electron chi connectivity index (χ1n) is 6.14. The molecule has 0 aliphatic heterocycles. The van der Waals surface area contributed by atoms with E-state index < -0.39 is 0 Å². The second kappa shape index (κ2) is 5.41. The van der Waals surface area contributed by atoms with Crippen molar-refractivity contribution in [3.8, 4) is 0 Å². The maximum Gasteiger partial charge on any atom is 0.0460 e. The van der Waals surface area contributed by atoms with Gasteiger partial charge in [0.15, 0.2) is 0 Å². The molecular weight excluding hydrogens is 186 g/mol. The van der Waals surface area contributed by atoms with Crippen LogP contribution >= 0.6 is 0 Å². The molecule has 0 radical (unpaired) electrons. The van der Waals surface area contributed by atoms with E-state index in [0.717, 1.165) is 24.7 Å². The Bertz CT molecular complexity index is 243. The molecule has 0 heterocycles. The fourth-order valence-electron chi connectivity index (χ4n) is 2.55. The fourth-order valence-corrected chi connectivity index (χ4v) is 2.55. The highest BCUT2D eigenvalue weighted by Crippen LogP contribution is 2.34. The minimum atomic E-state index is -0.123. The first-order valence-corrected chi connectivity index (χ1v) is 6.14. The van der Waals surface area contributed by atoms with Crippen LogP contribution in [0.1, 0.15) is 59.3 Å². The van der Waals surface area contributed by atoms with Crippen LogP contribution in [-0.2, 0) is 0 Å².